The number of benzene rings is 1. The van der Waals surface area contributed by atoms with Crippen LogP contribution in [-0.4, -0.2) is 27.4 Å². The molecule has 0 aliphatic carbocycles. The molecule has 18 heavy (non-hydrogen) atoms. The number of halogens is 1. The van der Waals surface area contributed by atoms with E-state index in [2.05, 4.69) is 5.32 Å². The molecule has 0 saturated carbocycles. The smallest absolute Gasteiger partial charge is 0.137 e. The van der Waals surface area contributed by atoms with Crippen LogP contribution in [-0.2, 0) is 11.3 Å². The van der Waals surface area contributed by atoms with Gasteiger partial charge in [0.2, 0.25) is 0 Å². The molecule has 0 fully saturated rings. The molecule has 0 aliphatic rings. The number of methoxy groups -OCH3 is 2. The molecule has 0 unspecified atom stereocenters. The van der Waals surface area contributed by atoms with Gasteiger partial charge in [-0.1, -0.05) is 17.7 Å². The molecule has 0 radical (unpaired) electrons. The van der Waals surface area contributed by atoms with Crippen molar-refractivity contribution >= 4 is 11.6 Å². The van der Waals surface area contributed by atoms with Gasteiger partial charge < -0.3 is 14.8 Å². The minimum absolute atomic E-state index is 0.664. The van der Waals surface area contributed by atoms with Gasteiger partial charge in [-0.25, -0.2) is 0 Å². The predicted octanol–water partition coefficient (Wildman–Crippen LogP) is 3.25. The summed E-state index contributed by atoms with van der Waals surface area (Å²) >= 11 is 6.06. The van der Waals surface area contributed by atoms with Crippen LogP contribution in [0.2, 0.25) is 5.02 Å². The predicted molar refractivity (Wildman–Crippen MR) is 75.4 cm³/mol. The van der Waals surface area contributed by atoms with E-state index in [0.717, 1.165) is 31.9 Å². The Morgan fingerprint density at radius 1 is 1.17 bits per heavy atom. The lowest BCUT2D eigenvalue weighted by atomic mass is 10.2. The third kappa shape index (κ3) is 5.71. The average Bonchev–Trinajstić information content (AvgIpc) is 2.38. The van der Waals surface area contributed by atoms with Crippen LogP contribution in [0.3, 0.4) is 0 Å². The van der Waals surface area contributed by atoms with Crippen molar-refractivity contribution in [1.82, 2.24) is 5.32 Å². The van der Waals surface area contributed by atoms with Crippen LogP contribution >= 0.6 is 11.6 Å². The highest BCUT2D eigenvalue weighted by Gasteiger charge is 2.01. The standard InChI is InChI=1S/C14H22ClNO2/c1-17-9-5-3-4-8-16-11-12-6-7-14(18-2)13(15)10-12/h6-7,10,16H,3-5,8-9,11H2,1-2H3. The number of hydrogen-bond donors (Lipinski definition) is 1. The first-order valence-electron chi connectivity index (χ1n) is 6.30. The fourth-order valence-electron chi connectivity index (χ4n) is 1.73. The highest BCUT2D eigenvalue weighted by molar-refractivity contribution is 6.32. The lowest BCUT2D eigenvalue weighted by Gasteiger charge is -2.07. The van der Waals surface area contributed by atoms with Crippen LogP contribution in [0.15, 0.2) is 18.2 Å². The van der Waals surface area contributed by atoms with Crippen LogP contribution in [0.1, 0.15) is 24.8 Å². The summed E-state index contributed by atoms with van der Waals surface area (Å²) in [7, 11) is 3.37. The Morgan fingerprint density at radius 2 is 2.00 bits per heavy atom. The van der Waals surface area contributed by atoms with Gasteiger partial charge in [-0.05, 0) is 43.5 Å². The van der Waals surface area contributed by atoms with Gasteiger partial charge in [-0.15, -0.1) is 0 Å². The first-order chi connectivity index (χ1) is 8.77. The van der Waals surface area contributed by atoms with E-state index in [-0.39, 0.29) is 0 Å². The molecule has 1 N–H and O–H groups in total. The molecular weight excluding hydrogens is 250 g/mol. The molecule has 0 atom stereocenters. The molecule has 0 saturated heterocycles. The Morgan fingerprint density at radius 3 is 2.67 bits per heavy atom. The van der Waals surface area contributed by atoms with Crippen molar-refractivity contribution in [2.75, 3.05) is 27.4 Å². The molecule has 1 rings (SSSR count). The molecule has 4 heteroatoms. The lowest BCUT2D eigenvalue weighted by molar-refractivity contribution is 0.192. The molecule has 0 spiro atoms. The third-order valence-corrected chi connectivity index (χ3v) is 3.04. The second kappa shape index (κ2) is 9.20. The van der Waals surface area contributed by atoms with E-state index >= 15 is 0 Å². The maximum atomic E-state index is 6.06. The van der Waals surface area contributed by atoms with E-state index < -0.39 is 0 Å². The monoisotopic (exact) mass is 271 g/mol. The quantitative estimate of drug-likeness (QED) is 0.700. The van der Waals surface area contributed by atoms with Crippen LogP contribution in [0, 0.1) is 0 Å². The first-order valence-corrected chi connectivity index (χ1v) is 6.67. The molecule has 0 heterocycles. The highest BCUT2D eigenvalue weighted by Crippen LogP contribution is 2.24. The van der Waals surface area contributed by atoms with Crippen molar-refractivity contribution in [2.24, 2.45) is 0 Å². The van der Waals surface area contributed by atoms with Gasteiger partial charge >= 0.3 is 0 Å². The van der Waals surface area contributed by atoms with Crippen molar-refractivity contribution in [3.8, 4) is 5.75 Å². The van der Waals surface area contributed by atoms with Crippen molar-refractivity contribution < 1.29 is 9.47 Å². The van der Waals surface area contributed by atoms with E-state index in [1.807, 2.05) is 18.2 Å². The first kappa shape index (κ1) is 15.3. The zero-order valence-corrected chi connectivity index (χ0v) is 11.9. The molecular formula is C14H22ClNO2. The summed E-state index contributed by atoms with van der Waals surface area (Å²) in [6, 6.07) is 5.87. The summed E-state index contributed by atoms with van der Waals surface area (Å²) in [6.45, 7) is 2.72. The second-order valence-corrected chi connectivity index (χ2v) is 4.61. The zero-order valence-electron chi connectivity index (χ0n) is 11.2. The Kier molecular flexibility index (Phi) is 7.81. The van der Waals surface area contributed by atoms with Crippen LogP contribution < -0.4 is 10.1 Å². The van der Waals surface area contributed by atoms with Gasteiger partial charge in [-0.2, -0.15) is 0 Å². The van der Waals surface area contributed by atoms with E-state index in [1.165, 1.54) is 18.4 Å². The van der Waals surface area contributed by atoms with Crippen molar-refractivity contribution in [1.29, 1.82) is 0 Å². The summed E-state index contributed by atoms with van der Waals surface area (Å²) in [5.74, 6) is 0.722. The Labute approximate surface area is 114 Å². The summed E-state index contributed by atoms with van der Waals surface area (Å²) < 4.78 is 10.1. The maximum Gasteiger partial charge on any atom is 0.137 e. The number of unbranched alkanes of at least 4 members (excludes halogenated alkanes) is 2. The summed E-state index contributed by atoms with van der Waals surface area (Å²) in [6.07, 6.45) is 3.50. The minimum Gasteiger partial charge on any atom is -0.495 e. The highest BCUT2D eigenvalue weighted by atomic mass is 35.5. The number of hydrogen-bond acceptors (Lipinski definition) is 3. The van der Waals surface area contributed by atoms with Gasteiger partial charge in [0.15, 0.2) is 0 Å². The van der Waals surface area contributed by atoms with E-state index in [9.17, 15) is 0 Å². The molecule has 1 aromatic rings. The number of rotatable bonds is 9. The molecule has 1 aromatic carbocycles. The summed E-state index contributed by atoms with van der Waals surface area (Å²) in [5.41, 5.74) is 1.18. The molecule has 0 aromatic heterocycles. The van der Waals surface area contributed by atoms with Crippen molar-refractivity contribution in [3.05, 3.63) is 28.8 Å². The zero-order chi connectivity index (χ0) is 13.2. The maximum absolute atomic E-state index is 6.06. The van der Waals surface area contributed by atoms with Gasteiger partial charge in [0, 0.05) is 20.3 Å². The molecule has 0 amide bonds. The Balaban J connectivity index is 2.17. The minimum atomic E-state index is 0.664. The largest absolute Gasteiger partial charge is 0.495 e. The second-order valence-electron chi connectivity index (χ2n) is 4.20. The normalized spacial score (nSPS) is 10.6. The SMILES string of the molecule is COCCCCCNCc1ccc(OC)c(Cl)c1. The fraction of sp³-hybridized carbons (Fsp3) is 0.571. The molecule has 0 aliphatic heterocycles. The number of nitrogens with one attached hydrogen (secondary N) is 1. The van der Waals surface area contributed by atoms with E-state index in [4.69, 9.17) is 21.1 Å². The Hall–Kier alpha value is -0.770. The van der Waals surface area contributed by atoms with E-state index in [1.54, 1.807) is 14.2 Å². The van der Waals surface area contributed by atoms with Gasteiger partial charge in [-0.3, -0.25) is 0 Å². The molecule has 3 nitrogen and oxygen atoms in total. The van der Waals surface area contributed by atoms with Gasteiger partial charge in [0.25, 0.3) is 0 Å². The van der Waals surface area contributed by atoms with Crippen LogP contribution in [0.25, 0.3) is 0 Å². The van der Waals surface area contributed by atoms with Crippen molar-refractivity contribution in [2.45, 2.75) is 25.8 Å². The van der Waals surface area contributed by atoms with E-state index in [0.29, 0.717) is 5.02 Å². The van der Waals surface area contributed by atoms with Gasteiger partial charge in [0.1, 0.15) is 5.75 Å². The van der Waals surface area contributed by atoms with Crippen molar-refractivity contribution in [3.63, 3.8) is 0 Å². The van der Waals surface area contributed by atoms with Crippen LogP contribution in [0.5, 0.6) is 5.75 Å². The fourth-order valence-corrected chi connectivity index (χ4v) is 2.01. The van der Waals surface area contributed by atoms with Crippen LogP contribution in [0.4, 0.5) is 0 Å². The third-order valence-electron chi connectivity index (χ3n) is 2.75. The lowest BCUT2D eigenvalue weighted by Crippen LogP contribution is -2.14. The molecule has 102 valence electrons. The summed E-state index contributed by atoms with van der Waals surface area (Å²) in [5, 5.41) is 4.07. The topological polar surface area (TPSA) is 30.5 Å². The summed E-state index contributed by atoms with van der Waals surface area (Å²) in [4.78, 5) is 0. The van der Waals surface area contributed by atoms with Gasteiger partial charge in [0.05, 0.1) is 12.1 Å². The Bertz CT molecular complexity index is 345. The molecule has 0 bridgehead atoms. The average molecular weight is 272 g/mol. The number of ether oxygens (including phenoxy) is 2.